The molecule has 2 aromatic rings. The lowest BCUT2D eigenvalue weighted by Crippen LogP contribution is -2.32. The van der Waals surface area contributed by atoms with Gasteiger partial charge in [-0.3, -0.25) is 0 Å². The maximum Gasteiger partial charge on any atom is 0.127 e. The monoisotopic (exact) mass is 755 g/mol. The van der Waals surface area contributed by atoms with Gasteiger partial charge in [-0.25, -0.2) is 0 Å². The van der Waals surface area contributed by atoms with Gasteiger partial charge in [-0.15, -0.1) is 0 Å². The molecular formula is C56H53NO. The quantitative estimate of drug-likeness (QED) is 0.288. The fraction of sp³-hybridized carbons (Fsp3) is 0.321. The van der Waals surface area contributed by atoms with Crippen molar-refractivity contribution in [1.82, 2.24) is 0 Å². The van der Waals surface area contributed by atoms with E-state index in [1.54, 1.807) is 11.1 Å². The number of hydrogen-bond donors (Lipinski definition) is 0. The Labute approximate surface area is 344 Å². The summed E-state index contributed by atoms with van der Waals surface area (Å²) in [5, 5.41) is 0. The molecule has 1 aliphatic heterocycles. The molecule has 10 aliphatic rings. The van der Waals surface area contributed by atoms with E-state index in [9.17, 15) is 0 Å². The number of rotatable bonds is 4. The van der Waals surface area contributed by atoms with Crippen LogP contribution in [0.2, 0.25) is 0 Å². The van der Waals surface area contributed by atoms with Gasteiger partial charge in [0.1, 0.15) is 11.9 Å². The second-order valence-electron chi connectivity index (χ2n) is 19.2. The van der Waals surface area contributed by atoms with Crippen molar-refractivity contribution >= 4 is 5.69 Å². The van der Waals surface area contributed by atoms with E-state index >= 15 is 0 Å². The van der Waals surface area contributed by atoms with E-state index in [2.05, 4.69) is 178 Å². The van der Waals surface area contributed by atoms with E-state index in [4.69, 9.17) is 4.74 Å². The Bertz CT molecular complexity index is 2610. The number of anilines is 1. The molecule has 58 heavy (non-hydrogen) atoms. The molecule has 0 spiro atoms. The largest absolute Gasteiger partial charge is 0.489 e. The van der Waals surface area contributed by atoms with Crippen LogP contribution in [0.25, 0.3) is 11.1 Å². The van der Waals surface area contributed by atoms with E-state index in [-0.39, 0.29) is 28.8 Å². The number of ether oxygens (including phenoxy) is 1. The molecule has 1 heterocycles. The van der Waals surface area contributed by atoms with Crippen LogP contribution < -0.4 is 4.90 Å². The second kappa shape index (κ2) is 12.6. The van der Waals surface area contributed by atoms with E-state index in [1.165, 1.54) is 67.4 Å². The summed E-state index contributed by atoms with van der Waals surface area (Å²) in [5.74, 6) is 3.09. The first-order valence-electron chi connectivity index (χ1n) is 22.1. The first-order valence-corrected chi connectivity index (χ1v) is 22.1. The number of hydrogen-bond acceptors (Lipinski definition) is 2. The summed E-state index contributed by atoms with van der Waals surface area (Å²) in [6.45, 7) is 9.69. The molecular weight excluding hydrogens is 703 g/mol. The minimum atomic E-state index is -0.0797. The fourth-order valence-corrected chi connectivity index (χ4v) is 12.6. The van der Waals surface area contributed by atoms with E-state index in [0.29, 0.717) is 23.7 Å². The van der Waals surface area contributed by atoms with E-state index in [1.807, 2.05) is 0 Å². The normalized spacial score (nSPS) is 32.0. The van der Waals surface area contributed by atoms with Gasteiger partial charge >= 0.3 is 0 Å². The summed E-state index contributed by atoms with van der Waals surface area (Å²) in [6, 6.07) is 16.2. The molecule has 0 radical (unpaired) electrons. The highest BCUT2D eigenvalue weighted by Crippen LogP contribution is 2.59. The van der Waals surface area contributed by atoms with Crippen molar-refractivity contribution in [2.24, 2.45) is 40.9 Å². The number of benzene rings is 2. The van der Waals surface area contributed by atoms with Gasteiger partial charge in [0.25, 0.3) is 0 Å². The molecule has 12 rings (SSSR count). The summed E-state index contributed by atoms with van der Waals surface area (Å²) < 4.78 is 7.26. The standard InChI is InChI=1S/C56H53NO/c1-55(2)47-21-11-9-19-41(47)43-27-24-36(31-49(43)55)53-40-18-8-6-15-35(40)30-46-45-32-37(26-29-52(45)58-54(46)53)57(51-23-13-16-34-14-5-7-17-39(34)51)38-25-28-44-42-20-10-12-22-48(42)56(3,4)50(44)33-38/h5,7-8,10,12-14,16-23,25-34,36,39-40,45,52-53H,6,9,11,15,24H2,1-4H3. The van der Waals surface area contributed by atoms with Crippen molar-refractivity contribution in [2.75, 3.05) is 4.90 Å². The van der Waals surface area contributed by atoms with Crippen LogP contribution in [-0.4, -0.2) is 6.10 Å². The topological polar surface area (TPSA) is 12.5 Å². The minimum Gasteiger partial charge on any atom is -0.489 e. The molecule has 2 aromatic carbocycles. The van der Waals surface area contributed by atoms with Crippen LogP contribution in [0.5, 0.6) is 0 Å². The van der Waals surface area contributed by atoms with Crippen LogP contribution in [0.15, 0.2) is 196 Å². The van der Waals surface area contributed by atoms with Crippen molar-refractivity contribution in [2.45, 2.75) is 71.3 Å². The molecule has 2 heteroatoms. The third kappa shape index (κ3) is 4.90. The summed E-state index contributed by atoms with van der Waals surface area (Å²) in [4.78, 5) is 2.58. The highest BCUT2D eigenvalue weighted by molar-refractivity contribution is 5.83. The maximum atomic E-state index is 7.26. The molecule has 1 fully saturated rings. The lowest BCUT2D eigenvalue weighted by molar-refractivity contribution is 0.119. The summed E-state index contributed by atoms with van der Waals surface area (Å²) in [5.41, 5.74) is 18.4. The summed E-state index contributed by atoms with van der Waals surface area (Å²) >= 11 is 0. The third-order valence-corrected chi connectivity index (χ3v) is 15.4. The van der Waals surface area contributed by atoms with E-state index < -0.39 is 0 Å². The van der Waals surface area contributed by atoms with Gasteiger partial charge in [0, 0.05) is 63.1 Å². The van der Waals surface area contributed by atoms with Crippen molar-refractivity contribution in [3.8, 4) is 11.1 Å². The maximum absolute atomic E-state index is 7.26. The van der Waals surface area contributed by atoms with Gasteiger partial charge in [0.15, 0.2) is 0 Å². The molecule has 7 unspecified atom stereocenters. The van der Waals surface area contributed by atoms with Gasteiger partial charge in [0.05, 0.1) is 0 Å². The zero-order chi connectivity index (χ0) is 38.9. The molecule has 0 N–H and O–H groups in total. The Morgan fingerprint density at radius 1 is 0.707 bits per heavy atom. The molecule has 0 saturated heterocycles. The first kappa shape index (κ1) is 34.7. The predicted octanol–water partition coefficient (Wildman–Crippen LogP) is 13.4. The van der Waals surface area contributed by atoms with Gasteiger partial charge < -0.3 is 9.64 Å². The zero-order valence-corrected chi connectivity index (χ0v) is 34.3. The van der Waals surface area contributed by atoms with Gasteiger partial charge in [-0.05, 0) is 119 Å². The Morgan fingerprint density at radius 3 is 2.47 bits per heavy atom. The SMILES string of the molecule is CC1(C)C2=CCCC=C2C2=CCC(C3C4=C(C=C5CCC=CC53)C3C=C(N(C5=CC=CC6C=CC=CC56)c5ccc6c(c5)C(C)(C)c5ccccc5-6)C=CC3O4)C=C21. The summed E-state index contributed by atoms with van der Waals surface area (Å²) in [7, 11) is 0. The highest BCUT2D eigenvalue weighted by atomic mass is 16.5. The predicted molar refractivity (Wildman–Crippen MR) is 238 cm³/mol. The second-order valence-corrected chi connectivity index (χ2v) is 19.2. The molecule has 9 aliphatic carbocycles. The Balaban J connectivity index is 0.967. The lowest BCUT2D eigenvalue weighted by atomic mass is 9.65. The van der Waals surface area contributed by atoms with Crippen molar-refractivity contribution in [1.29, 1.82) is 0 Å². The van der Waals surface area contributed by atoms with Crippen LogP contribution in [-0.2, 0) is 10.2 Å². The van der Waals surface area contributed by atoms with Gasteiger partial charge in [-0.2, -0.15) is 0 Å². The third-order valence-electron chi connectivity index (χ3n) is 15.4. The average Bonchev–Trinajstić information content (AvgIpc) is 3.81. The summed E-state index contributed by atoms with van der Waals surface area (Å²) in [6.07, 6.45) is 46.9. The van der Waals surface area contributed by atoms with E-state index in [0.717, 1.165) is 32.1 Å². The van der Waals surface area contributed by atoms with Gasteiger partial charge in [-0.1, -0.05) is 143 Å². The molecule has 0 aromatic heterocycles. The van der Waals surface area contributed by atoms with Crippen molar-refractivity contribution < 1.29 is 4.74 Å². The molecule has 2 nitrogen and oxygen atoms in total. The Morgan fingerprint density at radius 2 is 1.53 bits per heavy atom. The Hall–Kier alpha value is -5.34. The van der Waals surface area contributed by atoms with Crippen LogP contribution in [0.3, 0.4) is 0 Å². The minimum absolute atomic E-state index is 0.00136. The first-order chi connectivity index (χ1) is 28.3. The lowest BCUT2D eigenvalue weighted by Gasteiger charge is -2.39. The number of nitrogens with zero attached hydrogens (tertiary/aromatic N) is 1. The van der Waals surface area contributed by atoms with Crippen LogP contribution in [0.1, 0.15) is 70.9 Å². The molecule has 1 saturated carbocycles. The molecule has 7 atom stereocenters. The average molecular weight is 756 g/mol. The molecule has 288 valence electrons. The van der Waals surface area contributed by atoms with Crippen molar-refractivity contribution in [3.63, 3.8) is 0 Å². The van der Waals surface area contributed by atoms with Crippen molar-refractivity contribution in [3.05, 3.63) is 207 Å². The number of allylic oxidation sites excluding steroid dienone is 21. The smallest absolute Gasteiger partial charge is 0.127 e. The molecule has 0 bridgehead atoms. The van der Waals surface area contributed by atoms with Crippen LogP contribution >= 0.6 is 0 Å². The van der Waals surface area contributed by atoms with Crippen LogP contribution in [0.4, 0.5) is 5.69 Å². The van der Waals surface area contributed by atoms with Gasteiger partial charge in [0.2, 0.25) is 0 Å². The number of fused-ring (bicyclic) bond motifs is 10. The Kier molecular flexibility index (Phi) is 7.52. The zero-order valence-electron chi connectivity index (χ0n) is 34.3. The molecule has 0 amide bonds. The highest BCUT2D eigenvalue weighted by Gasteiger charge is 2.49. The van der Waals surface area contributed by atoms with Crippen LogP contribution in [0, 0.1) is 40.9 Å². The fourth-order valence-electron chi connectivity index (χ4n) is 12.6.